The van der Waals surface area contributed by atoms with Gasteiger partial charge in [-0.25, -0.2) is 0 Å². The Balaban J connectivity index is 6.37. The molecule has 37 heavy (non-hydrogen) atoms. The summed E-state index contributed by atoms with van der Waals surface area (Å²) in [7, 11) is 0. The number of rotatable bonds is 24. The van der Waals surface area contributed by atoms with Gasteiger partial charge in [-0.3, -0.25) is 0 Å². The molecule has 0 fully saturated rings. The van der Waals surface area contributed by atoms with Crippen molar-refractivity contribution in [3.05, 3.63) is 0 Å². The van der Waals surface area contributed by atoms with E-state index < -0.39 is 19.2 Å². The van der Waals surface area contributed by atoms with E-state index in [2.05, 4.69) is 55.4 Å². The molecule has 0 spiro atoms. The average molecular weight is 632 g/mol. The van der Waals surface area contributed by atoms with Crippen LogP contribution in [0.3, 0.4) is 0 Å². The second-order valence-corrected chi connectivity index (χ2v) is 20.2. The van der Waals surface area contributed by atoms with Crippen molar-refractivity contribution in [3.63, 3.8) is 0 Å². The van der Waals surface area contributed by atoms with Gasteiger partial charge < -0.3 is 0 Å². The van der Waals surface area contributed by atoms with Gasteiger partial charge in [-0.15, -0.1) is 0 Å². The first-order valence-corrected chi connectivity index (χ1v) is 22.6. The van der Waals surface area contributed by atoms with Crippen molar-refractivity contribution in [2.45, 2.75) is 167 Å². The van der Waals surface area contributed by atoms with Gasteiger partial charge in [0.15, 0.2) is 0 Å². The van der Waals surface area contributed by atoms with E-state index in [1.54, 1.807) is 0 Å². The van der Waals surface area contributed by atoms with Gasteiger partial charge in [0.05, 0.1) is 0 Å². The van der Waals surface area contributed by atoms with Crippen molar-refractivity contribution in [2.75, 3.05) is 0 Å². The van der Waals surface area contributed by atoms with E-state index in [1.807, 2.05) is 0 Å². The van der Waals surface area contributed by atoms with Crippen molar-refractivity contribution in [2.24, 2.45) is 23.7 Å². The van der Waals surface area contributed by atoms with Crippen LogP contribution < -0.4 is 0 Å². The molecule has 4 nitrogen and oxygen atoms in total. The Morgan fingerprint density at radius 3 is 1.11 bits per heavy atom. The fourth-order valence-corrected chi connectivity index (χ4v) is 17.9. The second kappa shape index (κ2) is 22.5. The zero-order chi connectivity index (χ0) is 28.1. The number of unbranched alkanes of at least 4 members (excludes halogenated alkanes) is 4. The van der Waals surface area contributed by atoms with Crippen molar-refractivity contribution in [1.29, 1.82) is 0 Å². The maximum atomic E-state index is 13.7. The van der Waals surface area contributed by atoms with Gasteiger partial charge in [0.25, 0.3) is 0 Å². The topological polar surface area (TPSA) is 52.6 Å². The molecule has 4 unspecified atom stereocenters. The van der Waals surface area contributed by atoms with Gasteiger partial charge >= 0.3 is 238 Å². The first kappa shape index (κ1) is 36.7. The third-order valence-electron chi connectivity index (χ3n) is 8.32. The Kier molecular flexibility index (Phi) is 22.4. The molecule has 0 aliphatic rings. The quantitative estimate of drug-likeness (QED) is 0.0995. The SMILES string of the molecule is CCCCC(CC)[CH2][Sn]([CH2]C(CC)CCCC)([O]C(=O)C(CC)CCCC)[O]C(=O)C(CC)CCCC. The van der Waals surface area contributed by atoms with E-state index in [4.69, 9.17) is 6.15 Å². The first-order chi connectivity index (χ1) is 17.8. The summed E-state index contributed by atoms with van der Waals surface area (Å²) in [4.78, 5) is 27.4. The van der Waals surface area contributed by atoms with Crippen molar-refractivity contribution in [3.8, 4) is 0 Å². The summed E-state index contributed by atoms with van der Waals surface area (Å²) in [5, 5.41) is 0. The van der Waals surface area contributed by atoms with Crippen molar-refractivity contribution < 1.29 is 15.7 Å². The van der Waals surface area contributed by atoms with Crippen LogP contribution in [0.2, 0.25) is 8.87 Å². The molecule has 0 rings (SSSR count). The van der Waals surface area contributed by atoms with E-state index >= 15 is 0 Å². The van der Waals surface area contributed by atoms with Crippen LogP contribution in [-0.2, 0) is 15.7 Å². The van der Waals surface area contributed by atoms with E-state index in [0.29, 0.717) is 11.8 Å². The zero-order valence-corrected chi connectivity index (χ0v) is 29.0. The molecule has 0 aromatic rings. The molecule has 0 radical (unpaired) electrons. The molecule has 0 N–H and O–H groups in total. The Hall–Kier alpha value is -0.261. The maximum absolute atomic E-state index is 13.7. The van der Waals surface area contributed by atoms with Gasteiger partial charge in [-0.05, 0) is 0 Å². The van der Waals surface area contributed by atoms with Gasteiger partial charge in [0, 0.05) is 0 Å². The van der Waals surface area contributed by atoms with E-state index in [-0.39, 0.29) is 23.8 Å². The fourth-order valence-electron chi connectivity index (χ4n) is 5.45. The van der Waals surface area contributed by atoms with Crippen LogP contribution in [0.4, 0.5) is 0 Å². The van der Waals surface area contributed by atoms with Crippen LogP contribution in [0.15, 0.2) is 0 Å². The average Bonchev–Trinajstić information content (AvgIpc) is 2.89. The van der Waals surface area contributed by atoms with Gasteiger partial charge in [-0.1, -0.05) is 0 Å². The summed E-state index contributed by atoms with van der Waals surface area (Å²) in [6.45, 7) is 17.5. The summed E-state index contributed by atoms with van der Waals surface area (Å²) < 4.78 is 15.1. The Morgan fingerprint density at radius 1 is 0.514 bits per heavy atom. The molecule has 0 bridgehead atoms. The first-order valence-electron chi connectivity index (χ1n) is 16.2. The number of carbonyl (C=O) groups excluding carboxylic acids is 2. The molecule has 0 aromatic carbocycles. The summed E-state index contributed by atoms with van der Waals surface area (Å²) >= 11 is -4.13. The Bertz CT molecular complexity index is 529. The van der Waals surface area contributed by atoms with Crippen LogP contribution in [0.5, 0.6) is 0 Å². The number of hydrogen-bond acceptors (Lipinski definition) is 4. The third kappa shape index (κ3) is 15.2. The summed E-state index contributed by atoms with van der Waals surface area (Å²) in [6.07, 6.45) is 16.6. The fraction of sp³-hybridized carbons (Fsp3) is 0.938. The molecule has 4 atom stereocenters. The molecule has 0 aromatic heterocycles. The van der Waals surface area contributed by atoms with Gasteiger partial charge in [0.1, 0.15) is 0 Å². The van der Waals surface area contributed by atoms with E-state index in [0.717, 1.165) is 98.8 Å². The molecule has 0 aliphatic carbocycles. The molecule has 0 amide bonds. The molecular formula is C32H64O4Sn. The number of carbonyl (C=O) groups is 2. The third-order valence-corrected chi connectivity index (χ3v) is 18.4. The Labute approximate surface area is 236 Å². The molecule has 0 saturated heterocycles. The van der Waals surface area contributed by atoms with E-state index in [9.17, 15) is 9.59 Å². The van der Waals surface area contributed by atoms with Gasteiger partial charge in [-0.2, -0.15) is 0 Å². The minimum atomic E-state index is -4.13. The molecule has 0 heterocycles. The summed E-state index contributed by atoms with van der Waals surface area (Å²) in [5.74, 6) is 0.623. The predicted octanol–water partition coefficient (Wildman–Crippen LogP) is 10.4. The van der Waals surface area contributed by atoms with Crippen molar-refractivity contribution >= 4 is 31.1 Å². The minimum absolute atomic E-state index is 0.0724. The molecular weight excluding hydrogens is 567 g/mol. The number of hydrogen-bond donors (Lipinski definition) is 0. The molecule has 0 aliphatic heterocycles. The predicted molar refractivity (Wildman–Crippen MR) is 161 cm³/mol. The Morgan fingerprint density at radius 2 is 0.838 bits per heavy atom. The monoisotopic (exact) mass is 632 g/mol. The van der Waals surface area contributed by atoms with Crippen LogP contribution in [0.1, 0.15) is 158 Å². The van der Waals surface area contributed by atoms with Crippen LogP contribution in [-0.4, -0.2) is 31.1 Å². The zero-order valence-electron chi connectivity index (χ0n) is 26.2. The second-order valence-electron chi connectivity index (χ2n) is 11.5. The van der Waals surface area contributed by atoms with E-state index in [1.165, 1.54) is 12.8 Å². The van der Waals surface area contributed by atoms with Crippen LogP contribution >= 0.6 is 0 Å². The molecule has 5 heteroatoms. The standard InChI is InChI=1S/2C8H16O2.2C8H17.Sn/c2*1-3-5-6-7(4-2)8(9)10;2*1-4-6-7-8(3)5-2;/h2*7H,3-6H2,1-2H3,(H,9,10);2*8H,3-7H2,1-2H3;/q;;;;+2/p-2. The van der Waals surface area contributed by atoms with Crippen LogP contribution in [0.25, 0.3) is 0 Å². The summed E-state index contributed by atoms with van der Waals surface area (Å²) in [5.41, 5.74) is 0. The van der Waals surface area contributed by atoms with Crippen molar-refractivity contribution in [1.82, 2.24) is 0 Å². The normalized spacial score (nSPS) is 16.4. The van der Waals surface area contributed by atoms with Crippen LogP contribution in [0, 0.1) is 23.7 Å². The molecule has 220 valence electrons. The van der Waals surface area contributed by atoms with Gasteiger partial charge in [0.2, 0.25) is 0 Å². The molecule has 0 saturated carbocycles. The summed E-state index contributed by atoms with van der Waals surface area (Å²) in [6, 6.07) is 0.